The lowest BCUT2D eigenvalue weighted by Gasteiger charge is -2.15. The van der Waals surface area contributed by atoms with E-state index in [2.05, 4.69) is 32.3 Å². The molecule has 0 aliphatic rings. The van der Waals surface area contributed by atoms with Crippen LogP contribution in [-0.2, 0) is 19.4 Å². The van der Waals surface area contributed by atoms with E-state index < -0.39 is 0 Å². The fourth-order valence-corrected chi connectivity index (χ4v) is 2.95. The first kappa shape index (κ1) is 14.2. The van der Waals surface area contributed by atoms with Crippen LogP contribution in [0.2, 0.25) is 0 Å². The van der Waals surface area contributed by atoms with Gasteiger partial charge in [0.05, 0.1) is 5.01 Å². The van der Waals surface area contributed by atoms with Crippen molar-refractivity contribution in [1.29, 1.82) is 0 Å². The molecule has 2 aromatic rings. The molecule has 2 rings (SSSR count). The number of hydrogen-bond donors (Lipinski definition) is 2. The lowest BCUT2D eigenvalue weighted by molar-refractivity contribution is 0.494. The summed E-state index contributed by atoms with van der Waals surface area (Å²) in [7, 11) is 0. The number of nitrogens with two attached hydrogens (primary N) is 1. The highest BCUT2D eigenvalue weighted by molar-refractivity contribution is 7.09. The predicted molar refractivity (Wildman–Crippen MR) is 77.9 cm³/mol. The Labute approximate surface area is 117 Å². The van der Waals surface area contributed by atoms with E-state index in [-0.39, 0.29) is 6.04 Å². The quantitative estimate of drug-likeness (QED) is 0.597. The Morgan fingerprint density at radius 3 is 2.95 bits per heavy atom. The minimum Gasteiger partial charge on any atom is -0.335 e. The van der Waals surface area contributed by atoms with Gasteiger partial charge in [0.25, 0.3) is 0 Å². The molecule has 0 saturated heterocycles. The van der Waals surface area contributed by atoms with Crippen LogP contribution in [0, 0.1) is 6.92 Å². The van der Waals surface area contributed by atoms with Crippen LogP contribution in [-0.4, -0.2) is 20.6 Å². The molecular formula is C13H21N5S. The summed E-state index contributed by atoms with van der Waals surface area (Å²) < 4.78 is 2.19. The summed E-state index contributed by atoms with van der Waals surface area (Å²) in [5, 5.41) is 3.19. The molecule has 0 aliphatic heterocycles. The monoisotopic (exact) mass is 279 g/mol. The number of nitrogens with one attached hydrogen (secondary N) is 1. The summed E-state index contributed by atoms with van der Waals surface area (Å²) in [5.41, 5.74) is 3.95. The second kappa shape index (κ2) is 6.79. The second-order valence-corrected chi connectivity index (χ2v) is 5.63. The lowest BCUT2D eigenvalue weighted by Crippen LogP contribution is -2.39. The first-order chi connectivity index (χ1) is 9.22. The van der Waals surface area contributed by atoms with Crippen molar-refractivity contribution in [1.82, 2.24) is 20.0 Å². The normalized spacial score (nSPS) is 12.8. The predicted octanol–water partition coefficient (Wildman–Crippen LogP) is 1.68. The van der Waals surface area contributed by atoms with Gasteiger partial charge in [0.15, 0.2) is 0 Å². The molecule has 2 aromatic heterocycles. The average molecular weight is 279 g/mol. The molecule has 0 radical (unpaired) electrons. The lowest BCUT2D eigenvalue weighted by atomic mass is 10.1. The molecular weight excluding hydrogens is 258 g/mol. The third kappa shape index (κ3) is 3.86. The van der Waals surface area contributed by atoms with Crippen LogP contribution in [0.25, 0.3) is 0 Å². The molecule has 0 aromatic carbocycles. The number of thiazole rings is 1. The van der Waals surface area contributed by atoms with Crippen LogP contribution in [0.3, 0.4) is 0 Å². The molecule has 3 N–H and O–H groups in total. The molecule has 19 heavy (non-hydrogen) atoms. The largest absolute Gasteiger partial charge is 0.335 e. The van der Waals surface area contributed by atoms with Crippen LogP contribution < -0.4 is 11.3 Å². The molecule has 2 heterocycles. The van der Waals surface area contributed by atoms with E-state index in [1.165, 1.54) is 0 Å². The molecule has 0 amide bonds. The summed E-state index contributed by atoms with van der Waals surface area (Å²) in [5.74, 6) is 6.74. The highest BCUT2D eigenvalue weighted by Crippen LogP contribution is 2.13. The van der Waals surface area contributed by atoms with Gasteiger partial charge in [0, 0.05) is 48.9 Å². The molecule has 5 nitrogen and oxygen atoms in total. The maximum atomic E-state index is 5.66. The van der Waals surface area contributed by atoms with Crippen LogP contribution in [0.1, 0.15) is 29.9 Å². The van der Waals surface area contributed by atoms with Crippen molar-refractivity contribution in [2.45, 2.75) is 45.7 Å². The van der Waals surface area contributed by atoms with Gasteiger partial charge in [0.2, 0.25) is 0 Å². The van der Waals surface area contributed by atoms with Gasteiger partial charge < -0.3 is 4.57 Å². The SMILES string of the molecule is CCCn1ccnc1CC(Cc1nc(C)cs1)NN. The van der Waals surface area contributed by atoms with Crippen molar-refractivity contribution >= 4 is 11.3 Å². The van der Waals surface area contributed by atoms with Crippen molar-refractivity contribution < 1.29 is 0 Å². The molecule has 0 aliphatic carbocycles. The number of nitrogens with zero attached hydrogens (tertiary/aromatic N) is 3. The molecule has 0 bridgehead atoms. The highest BCUT2D eigenvalue weighted by atomic mass is 32.1. The molecule has 1 atom stereocenters. The smallest absolute Gasteiger partial charge is 0.110 e. The van der Waals surface area contributed by atoms with Gasteiger partial charge in [-0.25, -0.2) is 9.97 Å². The van der Waals surface area contributed by atoms with Gasteiger partial charge in [-0.3, -0.25) is 11.3 Å². The van der Waals surface area contributed by atoms with E-state index in [4.69, 9.17) is 5.84 Å². The van der Waals surface area contributed by atoms with Gasteiger partial charge in [-0.15, -0.1) is 11.3 Å². The van der Waals surface area contributed by atoms with E-state index in [1.807, 2.05) is 19.3 Å². The summed E-state index contributed by atoms with van der Waals surface area (Å²) in [6, 6.07) is 0.170. The standard InChI is InChI=1S/C13H21N5S/c1-3-5-18-6-4-15-12(18)7-11(17-14)8-13-16-10(2)9-19-13/h4,6,9,11,17H,3,5,7-8,14H2,1-2H3. The molecule has 0 fully saturated rings. The van der Waals surface area contributed by atoms with Crippen LogP contribution in [0.15, 0.2) is 17.8 Å². The van der Waals surface area contributed by atoms with Crippen molar-refractivity contribution in [2.24, 2.45) is 5.84 Å². The minimum absolute atomic E-state index is 0.170. The zero-order chi connectivity index (χ0) is 13.7. The number of aromatic nitrogens is 3. The fraction of sp³-hybridized carbons (Fsp3) is 0.538. The van der Waals surface area contributed by atoms with Crippen LogP contribution in [0.5, 0.6) is 0 Å². The Kier molecular flexibility index (Phi) is 5.07. The number of hydrogen-bond acceptors (Lipinski definition) is 5. The van der Waals surface area contributed by atoms with E-state index in [9.17, 15) is 0 Å². The Bertz CT molecular complexity index is 505. The maximum absolute atomic E-state index is 5.66. The zero-order valence-corrected chi connectivity index (χ0v) is 12.3. The van der Waals surface area contributed by atoms with Crippen LogP contribution >= 0.6 is 11.3 Å². The van der Waals surface area contributed by atoms with E-state index in [0.29, 0.717) is 0 Å². The topological polar surface area (TPSA) is 68.8 Å². The van der Waals surface area contributed by atoms with Crippen LogP contribution in [0.4, 0.5) is 0 Å². The van der Waals surface area contributed by atoms with E-state index in [1.54, 1.807) is 11.3 Å². The average Bonchev–Trinajstić information content (AvgIpc) is 2.99. The Morgan fingerprint density at radius 1 is 1.47 bits per heavy atom. The molecule has 0 saturated carbocycles. The Hall–Kier alpha value is -1.24. The van der Waals surface area contributed by atoms with E-state index >= 15 is 0 Å². The molecule has 0 spiro atoms. The third-order valence-corrected chi connectivity index (χ3v) is 4.01. The Morgan fingerprint density at radius 2 is 2.32 bits per heavy atom. The fourth-order valence-electron chi connectivity index (χ4n) is 2.09. The van der Waals surface area contributed by atoms with Gasteiger partial charge in [-0.05, 0) is 13.3 Å². The summed E-state index contributed by atoms with van der Waals surface area (Å²) in [6.45, 7) is 5.18. The van der Waals surface area contributed by atoms with Gasteiger partial charge in [-0.1, -0.05) is 6.92 Å². The highest BCUT2D eigenvalue weighted by Gasteiger charge is 2.14. The first-order valence-corrected chi connectivity index (χ1v) is 7.48. The number of rotatable bonds is 7. The van der Waals surface area contributed by atoms with E-state index in [0.717, 1.165) is 42.3 Å². The molecule has 104 valence electrons. The second-order valence-electron chi connectivity index (χ2n) is 4.69. The van der Waals surface area contributed by atoms with Gasteiger partial charge in [-0.2, -0.15) is 0 Å². The van der Waals surface area contributed by atoms with Crippen molar-refractivity contribution in [3.05, 3.63) is 34.3 Å². The third-order valence-electron chi connectivity index (χ3n) is 3.02. The van der Waals surface area contributed by atoms with Crippen molar-refractivity contribution in [3.8, 4) is 0 Å². The van der Waals surface area contributed by atoms with Crippen molar-refractivity contribution in [3.63, 3.8) is 0 Å². The van der Waals surface area contributed by atoms with Gasteiger partial charge >= 0.3 is 0 Å². The summed E-state index contributed by atoms with van der Waals surface area (Å²) >= 11 is 1.69. The summed E-state index contributed by atoms with van der Waals surface area (Å²) in [6.07, 6.45) is 6.65. The summed E-state index contributed by atoms with van der Waals surface area (Å²) in [4.78, 5) is 8.90. The number of imidazole rings is 1. The number of hydrazine groups is 1. The maximum Gasteiger partial charge on any atom is 0.110 e. The minimum atomic E-state index is 0.170. The first-order valence-electron chi connectivity index (χ1n) is 6.60. The number of aryl methyl sites for hydroxylation is 2. The molecule has 1 unspecified atom stereocenters. The van der Waals surface area contributed by atoms with Gasteiger partial charge in [0.1, 0.15) is 5.82 Å². The molecule has 6 heteroatoms. The zero-order valence-electron chi connectivity index (χ0n) is 11.5. The Balaban J connectivity index is 2.00. The van der Waals surface area contributed by atoms with Crippen molar-refractivity contribution in [2.75, 3.05) is 0 Å².